The average Bonchev–Trinajstić information content (AvgIpc) is 3.05. The summed E-state index contributed by atoms with van der Waals surface area (Å²) in [7, 11) is -1.89. The van der Waals surface area contributed by atoms with Gasteiger partial charge in [0.1, 0.15) is 0 Å². The largest absolute Gasteiger partial charge is 0.465 e. The quantitative estimate of drug-likeness (QED) is 0.422. The minimum absolute atomic E-state index is 0.0359. The number of carbonyl (C=O) groups excluding carboxylic acids is 1. The lowest BCUT2D eigenvalue weighted by Crippen LogP contribution is -2.62. The highest BCUT2D eigenvalue weighted by molar-refractivity contribution is 6.74. The molecule has 0 N–H and O–H groups in total. The zero-order valence-electron chi connectivity index (χ0n) is 19.1. The van der Waals surface area contributed by atoms with Crippen LogP contribution >= 0.6 is 0 Å². The number of fused-ring (bicyclic) bond motifs is 1. The van der Waals surface area contributed by atoms with E-state index < -0.39 is 8.32 Å². The molecule has 0 radical (unpaired) electrons. The topological polar surface area (TPSA) is 35.5 Å². The van der Waals surface area contributed by atoms with Gasteiger partial charge < -0.3 is 9.16 Å². The average molecular weight is 405 g/mol. The van der Waals surface area contributed by atoms with Crippen molar-refractivity contribution in [2.45, 2.75) is 104 Å². The predicted molar refractivity (Wildman–Crippen MR) is 113 cm³/mol. The van der Waals surface area contributed by atoms with E-state index >= 15 is 0 Å². The summed E-state index contributed by atoms with van der Waals surface area (Å²) in [6, 6.07) is 0. The van der Waals surface area contributed by atoms with Gasteiger partial charge in [0.15, 0.2) is 8.32 Å². The molecule has 0 amide bonds. The maximum Gasteiger partial charge on any atom is 0.313 e. The van der Waals surface area contributed by atoms with Gasteiger partial charge in [-0.1, -0.05) is 34.6 Å². The van der Waals surface area contributed by atoms with Crippen molar-refractivity contribution in [3.05, 3.63) is 0 Å². The van der Waals surface area contributed by atoms with E-state index in [2.05, 4.69) is 47.7 Å². The smallest absolute Gasteiger partial charge is 0.313 e. The Bertz CT molecular complexity index is 722. The molecule has 3 nitrogen and oxygen atoms in total. The maximum atomic E-state index is 13.1. The lowest BCUT2D eigenvalue weighted by Gasteiger charge is -2.60. The zero-order valence-corrected chi connectivity index (χ0v) is 20.1. The molecule has 6 atom stereocenters. The van der Waals surface area contributed by atoms with Crippen LogP contribution in [0.25, 0.3) is 0 Å². The first-order valence-corrected chi connectivity index (χ1v) is 14.6. The molecule has 1 heterocycles. The minimum atomic E-state index is -1.89. The molecular weight excluding hydrogens is 364 g/mol. The number of hydrogen-bond donors (Lipinski definition) is 0. The van der Waals surface area contributed by atoms with Crippen molar-refractivity contribution < 1.29 is 14.0 Å². The lowest BCUT2D eigenvalue weighted by atomic mass is 9.49. The summed E-state index contributed by atoms with van der Waals surface area (Å²) in [5.41, 5.74) is 0.375. The van der Waals surface area contributed by atoms with Gasteiger partial charge in [0.2, 0.25) is 0 Å². The molecule has 0 aromatic rings. The Labute approximate surface area is 172 Å². The number of esters is 1. The highest BCUT2D eigenvalue weighted by Gasteiger charge is 2.92. The summed E-state index contributed by atoms with van der Waals surface area (Å²) in [5, 5.41) is 0.207. The third-order valence-electron chi connectivity index (χ3n) is 10.5. The highest BCUT2D eigenvalue weighted by Crippen LogP contribution is 2.91. The van der Waals surface area contributed by atoms with E-state index in [1.54, 1.807) is 0 Å². The van der Waals surface area contributed by atoms with Crippen LogP contribution in [0.15, 0.2) is 0 Å². The maximum absolute atomic E-state index is 13.1. The Hall–Kier alpha value is -0.353. The predicted octanol–water partition coefficient (Wildman–Crippen LogP) is 5.94. The molecule has 0 aromatic carbocycles. The van der Waals surface area contributed by atoms with Gasteiger partial charge in [-0.05, 0) is 80.3 Å². The van der Waals surface area contributed by atoms with Crippen molar-refractivity contribution in [1.82, 2.24) is 0 Å². The first-order chi connectivity index (χ1) is 12.8. The Morgan fingerprint density at radius 1 is 1.14 bits per heavy atom. The highest BCUT2D eigenvalue weighted by atomic mass is 28.4. The van der Waals surface area contributed by atoms with E-state index in [0.29, 0.717) is 17.9 Å². The van der Waals surface area contributed by atoms with Crippen LogP contribution < -0.4 is 0 Å². The molecule has 0 aromatic heterocycles. The van der Waals surface area contributed by atoms with E-state index in [9.17, 15) is 4.79 Å². The summed E-state index contributed by atoms with van der Waals surface area (Å²) in [4.78, 5) is 13.1. The van der Waals surface area contributed by atoms with Crippen molar-refractivity contribution in [3.8, 4) is 0 Å². The van der Waals surface area contributed by atoms with E-state index in [-0.39, 0.29) is 33.4 Å². The third kappa shape index (κ3) is 2.08. The second-order valence-corrected chi connectivity index (χ2v) is 18.1. The molecule has 5 aliphatic carbocycles. The summed E-state index contributed by atoms with van der Waals surface area (Å²) in [6.45, 7) is 17.3. The van der Waals surface area contributed by atoms with Crippen molar-refractivity contribution in [2.24, 2.45) is 33.5 Å². The second kappa shape index (κ2) is 5.27. The van der Waals surface area contributed by atoms with Gasteiger partial charge in [-0.25, -0.2) is 0 Å². The fourth-order valence-electron chi connectivity index (χ4n) is 8.38. The fraction of sp³-hybridized carbons (Fsp3) is 0.958. The monoisotopic (exact) mass is 404 g/mol. The summed E-state index contributed by atoms with van der Waals surface area (Å²) in [5.74, 6) is 1.50. The van der Waals surface area contributed by atoms with Crippen LogP contribution in [0.3, 0.4) is 0 Å². The normalized spacial score (nSPS) is 49.0. The van der Waals surface area contributed by atoms with Gasteiger partial charge in [-0.2, -0.15) is 0 Å². The van der Waals surface area contributed by atoms with Crippen molar-refractivity contribution in [1.29, 1.82) is 0 Å². The Kier molecular flexibility index (Phi) is 3.69. The Morgan fingerprint density at radius 3 is 2.54 bits per heavy atom. The van der Waals surface area contributed by atoms with E-state index in [1.165, 1.54) is 25.7 Å². The number of rotatable bonds is 2. The Morgan fingerprint density at radius 2 is 1.86 bits per heavy atom. The molecule has 6 fully saturated rings. The van der Waals surface area contributed by atoms with E-state index in [1.807, 2.05) is 0 Å². The molecule has 6 aliphatic rings. The van der Waals surface area contributed by atoms with Gasteiger partial charge in [0, 0.05) is 10.8 Å². The van der Waals surface area contributed by atoms with Gasteiger partial charge >= 0.3 is 5.97 Å². The number of carbonyl (C=O) groups is 1. The molecule has 1 aliphatic heterocycles. The molecular formula is C24H40O3Si. The second-order valence-electron chi connectivity index (χ2n) is 13.3. The molecule has 4 heteroatoms. The van der Waals surface area contributed by atoms with Crippen LogP contribution in [0, 0.1) is 33.5 Å². The Balaban J connectivity index is 1.59. The van der Waals surface area contributed by atoms with Gasteiger partial charge in [-0.15, -0.1) is 0 Å². The SMILES string of the molecule is CC1(C)CC[C@H](O[Si](C)(C)C(C)(C)C)[C@]2(COC(=O)[C@@]34C[C@H]5CC[C@@]23[C@@H]4C5)C1. The van der Waals surface area contributed by atoms with Crippen LogP contribution in [0.2, 0.25) is 18.1 Å². The molecule has 28 heavy (non-hydrogen) atoms. The molecule has 1 saturated heterocycles. The van der Waals surface area contributed by atoms with Crippen LogP contribution in [0.1, 0.15) is 79.6 Å². The third-order valence-corrected chi connectivity index (χ3v) is 15.0. The van der Waals surface area contributed by atoms with Crippen LogP contribution in [-0.4, -0.2) is 27.0 Å². The van der Waals surface area contributed by atoms with Crippen molar-refractivity contribution >= 4 is 14.3 Å². The molecule has 3 spiro atoms. The zero-order chi connectivity index (χ0) is 20.4. The van der Waals surface area contributed by atoms with Crippen molar-refractivity contribution in [3.63, 3.8) is 0 Å². The summed E-state index contributed by atoms with van der Waals surface area (Å²) >= 11 is 0. The van der Waals surface area contributed by atoms with Gasteiger partial charge in [-0.3, -0.25) is 4.79 Å². The van der Waals surface area contributed by atoms with E-state index in [4.69, 9.17) is 9.16 Å². The van der Waals surface area contributed by atoms with Crippen LogP contribution in [0.5, 0.6) is 0 Å². The standard InChI is InChI=1S/C24H40O3Si/c1-20(2,3)28(6,7)27-18-9-10-21(4,5)14-22(18)15-26-19(25)23-13-16-8-11-24(22,23)17(23)12-16/h16-18H,8-15H2,1-7H3/t16-,17+,18-,22+,23-,24+/m0/s1. The van der Waals surface area contributed by atoms with Crippen LogP contribution in [-0.2, 0) is 14.0 Å². The van der Waals surface area contributed by atoms with Crippen LogP contribution in [0.4, 0.5) is 0 Å². The van der Waals surface area contributed by atoms with Gasteiger partial charge in [0.05, 0.1) is 18.1 Å². The number of hydrogen-bond acceptors (Lipinski definition) is 3. The van der Waals surface area contributed by atoms with E-state index in [0.717, 1.165) is 25.2 Å². The number of cyclic esters (lactones) is 1. The first-order valence-electron chi connectivity index (χ1n) is 11.7. The summed E-state index contributed by atoms with van der Waals surface area (Å²) < 4.78 is 13.3. The van der Waals surface area contributed by atoms with Crippen molar-refractivity contribution in [2.75, 3.05) is 6.61 Å². The minimum Gasteiger partial charge on any atom is -0.465 e. The molecule has 6 rings (SSSR count). The summed E-state index contributed by atoms with van der Waals surface area (Å²) in [6.07, 6.45) is 8.70. The first kappa shape index (κ1) is 19.6. The molecule has 158 valence electrons. The lowest BCUT2D eigenvalue weighted by molar-refractivity contribution is -0.204. The fourth-order valence-corrected chi connectivity index (χ4v) is 9.79. The molecule has 4 bridgehead atoms. The molecule has 5 saturated carbocycles. The van der Waals surface area contributed by atoms with Gasteiger partial charge in [0.25, 0.3) is 0 Å². The molecule has 0 unspecified atom stereocenters. The number of ether oxygens (including phenoxy) is 1.